The molecule has 1 aliphatic heterocycles. The van der Waals surface area contributed by atoms with Crippen molar-refractivity contribution in [3.63, 3.8) is 0 Å². The lowest BCUT2D eigenvalue weighted by atomic mass is 9.78. The highest BCUT2D eigenvalue weighted by Gasteiger charge is 2.33. The largest absolute Gasteiger partial charge is 0.481 e. The van der Waals surface area contributed by atoms with Crippen LogP contribution >= 0.6 is 11.3 Å². The van der Waals surface area contributed by atoms with Crippen molar-refractivity contribution in [3.8, 4) is 0 Å². The molecule has 2 fully saturated rings. The second-order valence-corrected chi connectivity index (χ2v) is 8.07. The minimum absolute atomic E-state index is 0.107. The fourth-order valence-electron chi connectivity index (χ4n) is 4.59. The Morgan fingerprint density at radius 1 is 1.24 bits per heavy atom. The van der Waals surface area contributed by atoms with Crippen LogP contribution in [0.4, 0.5) is 0 Å². The fraction of sp³-hybridized carbons (Fsp3) is 0.550. The lowest BCUT2D eigenvalue weighted by Crippen LogP contribution is -2.47. The Morgan fingerprint density at radius 3 is 2.84 bits per heavy atom. The first-order valence-corrected chi connectivity index (χ1v) is 10.1. The van der Waals surface area contributed by atoms with E-state index in [2.05, 4.69) is 16.3 Å². The number of carboxylic acid groups (broad SMARTS) is 1. The van der Waals surface area contributed by atoms with Crippen molar-refractivity contribution in [2.45, 2.75) is 44.1 Å². The molecule has 1 saturated heterocycles. The van der Waals surface area contributed by atoms with E-state index in [4.69, 9.17) is 4.74 Å². The van der Waals surface area contributed by atoms with E-state index in [1.807, 2.05) is 12.1 Å². The van der Waals surface area contributed by atoms with Gasteiger partial charge in [-0.1, -0.05) is 25.0 Å². The van der Waals surface area contributed by atoms with E-state index in [0.717, 1.165) is 31.9 Å². The molecule has 25 heavy (non-hydrogen) atoms. The van der Waals surface area contributed by atoms with E-state index in [1.165, 1.54) is 41.3 Å². The van der Waals surface area contributed by atoms with E-state index in [9.17, 15) is 9.90 Å². The van der Waals surface area contributed by atoms with Gasteiger partial charge in [0.2, 0.25) is 0 Å². The van der Waals surface area contributed by atoms with Gasteiger partial charge < -0.3 is 9.84 Å². The number of thiophene rings is 1. The van der Waals surface area contributed by atoms with Gasteiger partial charge >= 0.3 is 5.97 Å². The molecule has 1 saturated carbocycles. The average molecular weight is 359 g/mol. The number of rotatable bonds is 4. The molecule has 2 aromatic rings. The maximum atomic E-state index is 11.3. The molecule has 4 nitrogen and oxygen atoms in total. The topological polar surface area (TPSA) is 49.8 Å². The normalized spacial score (nSPS) is 25.3. The number of carboxylic acids is 1. The Balaban J connectivity index is 1.72. The van der Waals surface area contributed by atoms with E-state index in [-0.39, 0.29) is 6.42 Å². The smallest absolute Gasteiger partial charge is 0.307 e. The highest BCUT2D eigenvalue weighted by molar-refractivity contribution is 7.17. The summed E-state index contributed by atoms with van der Waals surface area (Å²) in [5.74, 6) is -0.242. The van der Waals surface area contributed by atoms with E-state index in [1.54, 1.807) is 11.3 Å². The predicted molar refractivity (Wildman–Crippen MR) is 101 cm³/mol. The van der Waals surface area contributed by atoms with Crippen molar-refractivity contribution < 1.29 is 14.6 Å². The molecular formula is C20H25NO3S. The molecule has 0 spiro atoms. The number of nitrogens with zero attached hydrogens (tertiary/aromatic N) is 1. The lowest BCUT2D eigenvalue weighted by Gasteiger charge is -2.42. The van der Waals surface area contributed by atoms with Crippen molar-refractivity contribution in [2.75, 3.05) is 26.3 Å². The number of hydrogen-bond donors (Lipinski definition) is 1. The molecule has 1 aliphatic carbocycles. The Bertz CT molecular complexity index is 750. The van der Waals surface area contributed by atoms with Crippen molar-refractivity contribution >= 4 is 27.4 Å². The first kappa shape index (κ1) is 17.0. The van der Waals surface area contributed by atoms with Gasteiger partial charge in [-0.15, -0.1) is 11.3 Å². The SMILES string of the molecule is O=C(O)Cc1cccc2scc([C@@H]3CCCC[C@H]3N3CCOCC3)c12. The van der Waals surface area contributed by atoms with Gasteiger partial charge in [-0.25, -0.2) is 0 Å². The zero-order valence-electron chi connectivity index (χ0n) is 14.4. The van der Waals surface area contributed by atoms with Crippen LogP contribution in [-0.4, -0.2) is 48.3 Å². The highest BCUT2D eigenvalue weighted by atomic mass is 32.1. The quantitative estimate of drug-likeness (QED) is 0.900. The summed E-state index contributed by atoms with van der Waals surface area (Å²) in [6.45, 7) is 3.70. The molecule has 5 heteroatoms. The van der Waals surface area contributed by atoms with Crippen LogP contribution in [0.2, 0.25) is 0 Å². The van der Waals surface area contributed by atoms with Crippen molar-refractivity contribution in [1.82, 2.24) is 4.90 Å². The van der Waals surface area contributed by atoms with Gasteiger partial charge in [0, 0.05) is 29.7 Å². The summed E-state index contributed by atoms with van der Waals surface area (Å²) in [5, 5.41) is 12.8. The zero-order chi connectivity index (χ0) is 17.2. The van der Waals surface area contributed by atoms with Crippen LogP contribution in [0, 0.1) is 0 Å². The Labute approximate surface area is 152 Å². The Hall–Kier alpha value is -1.43. The molecule has 2 atom stereocenters. The number of carbonyl (C=O) groups is 1. The number of aliphatic carboxylic acids is 1. The average Bonchev–Trinajstić information content (AvgIpc) is 3.07. The van der Waals surface area contributed by atoms with E-state index in [0.29, 0.717) is 12.0 Å². The second kappa shape index (κ2) is 7.44. The summed E-state index contributed by atoms with van der Waals surface area (Å²) in [4.78, 5) is 13.9. The van der Waals surface area contributed by atoms with Crippen LogP contribution in [0.5, 0.6) is 0 Å². The molecule has 2 aliphatic rings. The molecule has 0 bridgehead atoms. The second-order valence-electron chi connectivity index (χ2n) is 7.16. The first-order chi connectivity index (χ1) is 12.2. The molecule has 0 amide bonds. The van der Waals surface area contributed by atoms with Crippen LogP contribution < -0.4 is 0 Å². The van der Waals surface area contributed by atoms with Crippen LogP contribution in [-0.2, 0) is 16.0 Å². The monoisotopic (exact) mass is 359 g/mol. The van der Waals surface area contributed by atoms with Crippen LogP contribution in [0.25, 0.3) is 10.1 Å². The van der Waals surface area contributed by atoms with Gasteiger partial charge in [0.25, 0.3) is 0 Å². The molecule has 0 unspecified atom stereocenters. The summed E-state index contributed by atoms with van der Waals surface area (Å²) in [6.07, 6.45) is 5.11. The van der Waals surface area contributed by atoms with Crippen molar-refractivity contribution in [1.29, 1.82) is 0 Å². The number of benzene rings is 1. The Morgan fingerprint density at radius 2 is 2.04 bits per heavy atom. The number of ether oxygens (including phenoxy) is 1. The van der Waals surface area contributed by atoms with Crippen LogP contribution in [0.3, 0.4) is 0 Å². The van der Waals surface area contributed by atoms with Gasteiger partial charge in [0.05, 0.1) is 19.6 Å². The molecular weight excluding hydrogens is 334 g/mol. The highest BCUT2D eigenvalue weighted by Crippen LogP contribution is 2.42. The van der Waals surface area contributed by atoms with Crippen molar-refractivity contribution in [2.24, 2.45) is 0 Å². The summed E-state index contributed by atoms with van der Waals surface area (Å²) in [5.41, 5.74) is 2.35. The minimum Gasteiger partial charge on any atom is -0.481 e. The standard InChI is InChI=1S/C20H25NO3S/c22-19(23)12-14-4-3-7-18-20(14)16(13-25-18)15-5-1-2-6-17(15)21-8-10-24-11-9-21/h3-4,7,13,15,17H,1-2,5-6,8-12H2,(H,22,23)/t15-,17+/m0/s1. The molecule has 2 heterocycles. The molecule has 0 radical (unpaired) electrons. The molecule has 1 N–H and O–H groups in total. The third kappa shape index (κ3) is 3.46. The zero-order valence-corrected chi connectivity index (χ0v) is 15.3. The Kier molecular flexibility index (Phi) is 5.06. The molecule has 1 aromatic carbocycles. The third-order valence-corrected chi connectivity index (χ3v) is 6.67. The third-order valence-electron chi connectivity index (χ3n) is 5.70. The number of hydrogen-bond acceptors (Lipinski definition) is 4. The van der Waals surface area contributed by atoms with E-state index < -0.39 is 5.97 Å². The van der Waals surface area contributed by atoms with Crippen LogP contribution in [0.1, 0.15) is 42.7 Å². The minimum atomic E-state index is -0.752. The van der Waals surface area contributed by atoms with Crippen molar-refractivity contribution in [3.05, 3.63) is 34.7 Å². The van der Waals surface area contributed by atoms with Gasteiger partial charge in [-0.2, -0.15) is 0 Å². The summed E-state index contributed by atoms with van der Waals surface area (Å²) < 4.78 is 6.77. The summed E-state index contributed by atoms with van der Waals surface area (Å²) in [7, 11) is 0. The summed E-state index contributed by atoms with van der Waals surface area (Å²) in [6, 6.07) is 6.66. The van der Waals surface area contributed by atoms with Gasteiger partial charge in [-0.05, 0) is 40.8 Å². The fourth-order valence-corrected chi connectivity index (χ4v) is 5.66. The van der Waals surface area contributed by atoms with Crippen LogP contribution in [0.15, 0.2) is 23.6 Å². The molecule has 4 rings (SSSR count). The first-order valence-electron chi connectivity index (χ1n) is 9.26. The lowest BCUT2D eigenvalue weighted by molar-refractivity contribution is -0.136. The summed E-state index contributed by atoms with van der Waals surface area (Å²) >= 11 is 1.76. The maximum Gasteiger partial charge on any atom is 0.307 e. The molecule has 134 valence electrons. The predicted octanol–water partition coefficient (Wildman–Crippen LogP) is 3.89. The van der Waals surface area contributed by atoms with E-state index >= 15 is 0 Å². The van der Waals surface area contributed by atoms with Gasteiger partial charge in [0.1, 0.15) is 0 Å². The molecule has 1 aromatic heterocycles. The maximum absolute atomic E-state index is 11.3. The van der Waals surface area contributed by atoms with Gasteiger partial charge in [0.15, 0.2) is 0 Å². The van der Waals surface area contributed by atoms with Gasteiger partial charge in [-0.3, -0.25) is 9.69 Å². The number of fused-ring (bicyclic) bond motifs is 1. The number of morpholine rings is 1.